The number of anilines is 1. The summed E-state index contributed by atoms with van der Waals surface area (Å²) in [6.45, 7) is 0.716. The molecule has 1 aliphatic rings. The molecule has 0 bridgehead atoms. The first-order valence-electron chi connectivity index (χ1n) is 9.43. The maximum absolute atomic E-state index is 9.23. The van der Waals surface area contributed by atoms with Crippen molar-refractivity contribution in [1.29, 1.82) is 0 Å². The van der Waals surface area contributed by atoms with Gasteiger partial charge in [0.2, 0.25) is 0 Å². The Morgan fingerprint density at radius 1 is 1.21 bits per heavy atom. The van der Waals surface area contributed by atoms with Gasteiger partial charge in [0.1, 0.15) is 5.52 Å². The van der Waals surface area contributed by atoms with Crippen molar-refractivity contribution >= 4 is 43.6 Å². The second kappa shape index (κ2) is 7.20. The molecule has 0 unspecified atom stereocenters. The summed E-state index contributed by atoms with van der Waals surface area (Å²) in [4.78, 5) is 13.5. The fourth-order valence-electron chi connectivity index (χ4n) is 3.76. The van der Waals surface area contributed by atoms with Crippen molar-refractivity contribution in [3.05, 3.63) is 48.4 Å². The van der Waals surface area contributed by atoms with Crippen LogP contribution in [0.5, 0.6) is 0 Å². The predicted molar refractivity (Wildman–Crippen MR) is 111 cm³/mol. The number of benzene rings is 1. The summed E-state index contributed by atoms with van der Waals surface area (Å²) < 4.78 is 3.19. The first-order chi connectivity index (χ1) is 13.8. The number of aromatic nitrogens is 4. The lowest BCUT2D eigenvalue weighted by Gasteiger charge is -2.23. The number of thiazole rings is 1. The Kier molecular flexibility index (Phi) is 4.40. The van der Waals surface area contributed by atoms with E-state index in [0.717, 1.165) is 57.9 Å². The van der Waals surface area contributed by atoms with E-state index < -0.39 is 0 Å². The van der Waals surface area contributed by atoms with Gasteiger partial charge in [-0.1, -0.05) is 29.0 Å². The molecule has 3 aromatic heterocycles. The van der Waals surface area contributed by atoms with Crippen molar-refractivity contribution in [3.8, 4) is 0 Å². The van der Waals surface area contributed by atoms with Crippen LogP contribution in [0.4, 0.5) is 5.13 Å². The number of rotatable bonds is 4. The lowest BCUT2D eigenvalue weighted by Crippen LogP contribution is -2.32. The highest BCUT2D eigenvalue weighted by Gasteiger charge is 2.22. The molecule has 1 atom stereocenters. The van der Waals surface area contributed by atoms with Crippen LogP contribution in [0.2, 0.25) is 0 Å². The molecule has 0 saturated heterocycles. The highest BCUT2D eigenvalue weighted by molar-refractivity contribution is 7.22. The standard InChI is InChI=1S/C20H20N6OS/c27-25-15-5-2-1-4-14(15)23-20-24-16-8-7-13(10-18(16)28-20)11-26-12-22-17-6-3-9-21-19(17)26/h3,6-10,12,14,27H,1-2,4-5,11H2,(H,23,24)/b25-15+/t14-/m1/s1. The minimum absolute atomic E-state index is 0.0715. The number of hydrogen-bond acceptors (Lipinski definition) is 7. The molecule has 7 nitrogen and oxygen atoms in total. The molecule has 1 fully saturated rings. The molecular weight excluding hydrogens is 372 g/mol. The summed E-state index contributed by atoms with van der Waals surface area (Å²) in [5.74, 6) is 0. The van der Waals surface area contributed by atoms with Crippen molar-refractivity contribution in [1.82, 2.24) is 19.5 Å². The van der Waals surface area contributed by atoms with Crippen LogP contribution in [-0.4, -0.2) is 36.5 Å². The van der Waals surface area contributed by atoms with E-state index in [4.69, 9.17) is 4.98 Å². The number of imidazole rings is 1. The van der Waals surface area contributed by atoms with Crippen LogP contribution in [-0.2, 0) is 6.54 Å². The molecule has 0 spiro atoms. The second-order valence-corrected chi connectivity index (χ2v) is 8.10. The summed E-state index contributed by atoms with van der Waals surface area (Å²) in [5.41, 5.74) is 4.78. The van der Waals surface area contributed by atoms with Gasteiger partial charge in [-0.15, -0.1) is 0 Å². The molecule has 8 heteroatoms. The molecule has 4 aromatic rings. The van der Waals surface area contributed by atoms with Crippen LogP contribution in [0.3, 0.4) is 0 Å². The lowest BCUT2D eigenvalue weighted by molar-refractivity contribution is 0.313. The highest BCUT2D eigenvalue weighted by Crippen LogP contribution is 2.29. The maximum Gasteiger partial charge on any atom is 0.184 e. The third kappa shape index (κ3) is 3.20. The number of hydrogen-bond donors (Lipinski definition) is 2. The number of fused-ring (bicyclic) bond motifs is 2. The van der Waals surface area contributed by atoms with Crippen molar-refractivity contribution in [2.24, 2.45) is 5.16 Å². The Hall–Kier alpha value is -3.00. The van der Waals surface area contributed by atoms with Gasteiger partial charge in [-0.2, -0.15) is 0 Å². The molecule has 0 amide bonds. The average molecular weight is 392 g/mol. The molecule has 3 heterocycles. The van der Waals surface area contributed by atoms with Gasteiger partial charge in [-0.05, 0) is 49.1 Å². The lowest BCUT2D eigenvalue weighted by atomic mass is 9.93. The van der Waals surface area contributed by atoms with Gasteiger partial charge in [0.25, 0.3) is 0 Å². The summed E-state index contributed by atoms with van der Waals surface area (Å²) in [5, 5.41) is 17.0. The largest absolute Gasteiger partial charge is 0.411 e. The zero-order valence-electron chi connectivity index (χ0n) is 15.2. The Balaban J connectivity index is 1.39. The molecule has 142 valence electrons. The summed E-state index contributed by atoms with van der Waals surface area (Å²) >= 11 is 1.63. The number of pyridine rings is 1. The third-order valence-electron chi connectivity index (χ3n) is 5.18. The molecule has 0 radical (unpaired) electrons. The molecule has 5 rings (SSSR count). The van der Waals surface area contributed by atoms with Crippen LogP contribution in [0.25, 0.3) is 21.4 Å². The van der Waals surface area contributed by atoms with Gasteiger partial charge in [-0.3, -0.25) is 0 Å². The Labute approximate surface area is 165 Å². The van der Waals surface area contributed by atoms with E-state index in [2.05, 4.69) is 43.2 Å². The van der Waals surface area contributed by atoms with Gasteiger partial charge in [0, 0.05) is 6.20 Å². The number of oxime groups is 1. The Morgan fingerprint density at radius 3 is 3.11 bits per heavy atom. The van der Waals surface area contributed by atoms with Crippen molar-refractivity contribution < 1.29 is 5.21 Å². The predicted octanol–water partition coefficient (Wildman–Crippen LogP) is 4.27. The minimum atomic E-state index is 0.0715. The first kappa shape index (κ1) is 17.1. The molecule has 28 heavy (non-hydrogen) atoms. The molecule has 0 aliphatic heterocycles. The maximum atomic E-state index is 9.23. The number of nitrogens with zero attached hydrogens (tertiary/aromatic N) is 5. The van der Waals surface area contributed by atoms with E-state index in [-0.39, 0.29) is 6.04 Å². The van der Waals surface area contributed by atoms with E-state index in [9.17, 15) is 5.21 Å². The molecular formula is C20H20N6OS. The molecule has 1 aliphatic carbocycles. The SMILES string of the molecule is O/N=C1\CCCC[C@H]1Nc1nc2ccc(Cn3cnc4cccnc43)cc2s1. The van der Waals surface area contributed by atoms with E-state index >= 15 is 0 Å². The summed E-state index contributed by atoms with van der Waals surface area (Å²) in [7, 11) is 0. The van der Waals surface area contributed by atoms with Gasteiger partial charge in [0.05, 0.1) is 34.8 Å². The van der Waals surface area contributed by atoms with Gasteiger partial charge < -0.3 is 15.1 Å². The fourth-order valence-corrected chi connectivity index (χ4v) is 4.74. The monoisotopic (exact) mass is 392 g/mol. The Bertz CT molecular complexity index is 1160. The molecule has 2 N–H and O–H groups in total. The summed E-state index contributed by atoms with van der Waals surface area (Å²) in [6.07, 6.45) is 7.66. The van der Waals surface area contributed by atoms with Crippen molar-refractivity contribution in [3.63, 3.8) is 0 Å². The average Bonchev–Trinajstić information content (AvgIpc) is 3.32. The van der Waals surface area contributed by atoms with E-state index in [1.807, 2.05) is 18.5 Å². The van der Waals surface area contributed by atoms with E-state index in [1.165, 1.54) is 5.56 Å². The quantitative estimate of drug-likeness (QED) is 0.400. The van der Waals surface area contributed by atoms with Crippen LogP contribution in [0.15, 0.2) is 48.0 Å². The van der Waals surface area contributed by atoms with Gasteiger partial charge in [0.15, 0.2) is 10.8 Å². The van der Waals surface area contributed by atoms with Crippen LogP contribution in [0, 0.1) is 0 Å². The van der Waals surface area contributed by atoms with E-state index in [1.54, 1.807) is 17.5 Å². The number of nitrogens with one attached hydrogen (secondary N) is 1. The van der Waals surface area contributed by atoms with Crippen LogP contribution in [0.1, 0.15) is 31.2 Å². The van der Waals surface area contributed by atoms with Crippen LogP contribution >= 0.6 is 11.3 Å². The van der Waals surface area contributed by atoms with Gasteiger partial charge >= 0.3 is 0 Å². The van der Waals surface area contributed by atoms with Crippen molar-refractivity contribution in [2.45, 2.75) is 38.3 Å². The second-order valence-electron chi connectivity index (χ2n) is 7.07. The smallest absolute Gasteiger partial charge is 0.184 e. The topological polar surface area (TPSA) is 88.2 Å². The highest BCUT2D eigenvalue weighted by atomic mass is 32.1. The van der Waals surface area contributed by atoms with Crippen LogP contribution < -0.4 is 5.32 Å². The molecule has 1 saturated carbocycles. The first-order valence-corrected chi connectivity index (χ1v) is 10.2. The molecule has 1 aromatic carbocycles. The van der Waals surface area contributed by atoms with E-state index in [0.29, 0.717) is 6.54 Å². The normalized spacial score (nSPS) is 18.9. The Morgan fingerprint density at radius 2 is 2.18 bits per heavy atom. The summed E-state index contributed by atoms with van der Waals surface area (Å²) in [6, 6.07) is 10.3. The van der Waals surface area contributed by atoms with Crippen molar-refractivity contribution in [2.75, 3.05) is 5.32 Å². The zero-order valence-corrected chi connectivity index (χ0v) is 16.1. The van der Waals surface area contributed by atoms with Gasteiger partial charge in [-0.25, -0.2) is 15.0 Å². The fraction of sp³-hybridized carbons (Fsp3) is 0.300. The zero-order chi connectivity index (χ0) is 18.9. The third-order valence-corrected chi connectivity index (χ3v) is 6.13. The minimum Gasteiger partial charge on any atom is -0.411 e.